The maximum atomic E-state index is 12.3. The number of rotatable bonds is 2. The first kappa shape index (κ1) is 15.4. The van der Waals surface area contributed by atoms with Gasteiger partial charge in [0.2, 0.25) is 5.78 Å². The van der Waals surface area contributed by atoms with Crippen LogP contribution in [0.1, 0.15) is 17.3 Å². The number of carbonyl (C=O) groups is 1. The highest BCUT2D eigenvalue weighted by Gasteiger charge is 2.56. The highest BCUT2D eigenvalue weighted by molar-refractivity contribution is 6.30. The van der Waals surface area contributed by atoms with E-state index in [4.69, 9.17) is 16.3 Å². The number of carbonyl (C=O) groups excluding carboxylic acids is 1. The van der Waals surface area contributed by atoms with E-state index in [1.54, 1.807) is 0 Å². The summed E-state index contributed by atoms with van der Waals surface area (Å²) in [6.45, 7) is 1.37. The molecule has 0 spiro atoms. The number of ketones is 1. The molecule has 0 unspecified atom stereocenters. The first-order valence-corrected chi connectivity index (χ1v) is 6.40. The van der Waals surface area contributed by atoms with Gasteiger partial charge in [-0.2, -0.15) is 0 Å². The summed E-state index contributed by atoms with van der Waals surface area (Å²) in [6, 6.07) is 5.62. The number of halogens is 1. The van der Waals surface area contributed by atoms with Gasteiger partial charge >= 0.3 is 0 Å². The minimum atomic E-state index is -2.62. The fourth-order valence-corrected chi connectivity index (χ4v) is 2.24. The van der Waals surface area contributed by atoms with Crippen LogP contribution in [0.15, 0.2) is 24.3 Å². The molecule has 5 atom stereocenters. The van der Waals surface area contributed by atoms with Gasteiger partial charge in [-0.25, -0.2) is 0 Å². The SMILES string of the molecule is C[C@@H]1O[C@](O)(C(=O)c2ccc(Cl)cc2)[C@@H](O)[C@H](O)[C@@H]1O. The maximum Gasteiger partial charge on any atom is 0.261 e. The van der Waals surface area contributed by atoms with Crippen molar-refractivity contribution in [2.24, 2.45) is 0 Å². The van der Waals surface area contributed by atoms with Crippen LogP contribution in [0.3, 0.4) is 0 Å². The summed E-state index contributed by atoms with van der Waals surface area (Å²) in [7, 11) is 0. The predicted molar refractivity (Wildman–Crippen MR) is 69.3 cm³/mol. The molecule has 0 saturated carbocycles. The summed E-state index contributed by atoms with van der Waals surface area (Å²) >= 11 is 5.70. The van der Waals surface area contributed by atoms with Crippen molar-refractivity contribution < 1.29 is 30.0 Å². The molecule has 0 aliphatic carbocycles. The average molecular weight is 303 g/mol. The second-order valence-corrected chi connectivity index (χ2v) is 5.22. The molecule has 1 heterocycles. The van der Waals surface area contributed by atoms with E-state index in [1.165, 1.54) is 31.2 Å². The summed E-state index contributed by atoms with van der Waals surface area (Å²) in [6.07, 6.45) is -6.07. The van der Waals surface area contributed by atoms with Gasteiger partial charge in [0.1, 0.15) is 18.3 Å². The fraction of sp³-hybridized carbons (Fsp3) is 0.462. The Bertz CT molecular complexity index is 504. The lowest BCUT2D eigenvalue weighted by molar-refractivity contribution is -0.315. The maximum absolute atomic E-state index is 12.3. The third-order valence-electron chi connectivity index (χ3n) is 3.35. The molecule has 1 saturated heterocycles. The number of hydrogen-bond donors (Lipinski definition) is 4. The molecule has 0 amide bonds. The highest BCUT2D eigenvalue weighted by Crippen LogP contribution is 2.31. The van der Waals surface area contributed by atoms with E-state index < -0.39 is 36.0 Å². The third-order valence-corrected chi connectivity index (χ3v) is 3.60. The van der Waals surface area contributed by atoms with Gasteiger partial charge in [0.15, 0.2) is 0 Å². The van der Waals surface area contributed by atoms with E-state index in [-0.39, 0.29) is 5.56 Å². The second kappa shape index (κ2) is 5.40. The van der Waals surface area contributed by atoms with E-state index >= 15 is 0 Å². The van der Waals surface area contributed by atoms with Crippen LogP contribution in [-0.4, -0.2) is 56.4 Å². The molecule has 1 aromatic carbocycles. The van der Waals surface area contributed by atoms with Gasteiger partial charge in [0, 0.05) is 10.6 Å². The monoisotopic (exact) mass is 302 g/mol. The number of ether oxygens (including phenoxy) is 1. The van der Waals surface area contributed by atoms with Crippen molar-refractivity contribution in [3.8, 4) is 0 Å². The molecule has 1 fully saturated rings. The lowest BCUT2D eigenvalue weighted by atomic mass is 9.88. The average Bonchev–Trinajstić information content (AvgIpc) is 2.43. The smallest absolute Gasteiger partial charge is 0.261 e. The van der Waals surface area contributed by atoms with Crippen LogP contribution in [0.5, 0.6) is 0 Å². The van der Waals surface area contributed by atoms with Crippen molar-refractivity contribution >= 4 is 17.4 Å². The minimum Gasteiger partial charge on any atom is -0.388 e. The van der Waals surface area contributed by atoms with Crippen molar-refractivity contribution in [2.75, 3.05) is 0 Å². The van der Waals surface area contributed by atoms with E-state index in [0.29, 0.717) is 5.02 Å². The molecule has 0 radical (unpaired) electrons. The number of Topliss-reactive ketones (excluding diaryl/α,β-unsaturated/α-hetero) is 1. The van der Waals surface area contributed by atoms with Gasteiger partial charge in [-0.15, -0.1) is 0 Å². The predicted octanol–water partition coefficient (Wildman–Crippen LogP) is -0.287. The Hall–Kier alpha value is -1.02. The van der Waals surface area contributed by atoms with Crippen molar-refractivity contribution in [1.29, 1.82) is 0 Å². The molecular formula is C13H15ClO6. The Balaban J connectivity index is 2.33. The van der Waals surface area contributed by atoms with Gasteiger partial charge < -0.3 is 25.2 Å². The van der Waals surface area contributed by atoms with Gasteiger partial charge in [-0.1, -0.05) is 11.6 Å². The van der Waals surface area contributed by atoms with E-state index in [0.717, 1.165) is 0 Å². The number of benzene rings is 1. The molecular weight excluding hydrogens is 288 g/mol. The lowest BCUT2D eigenvalue weighted by Crippen LogP contribution is -2.66. The molecule has 20 heavy (non-hydrogen) atoms. The molecule has 1 aliphatic heterocycles. The largest absolute Gasteiger partial charge is 0.388 e. The molecule has 1 aliphatic rings. The summed E-state index contributed by atoms with van der Waals surface area (Å²) in [5.74, 6) is -3.54. The van der Waals surface area contributed by atoms with Crippen LogP contribution >= 0.6 is 11.6 Å². The highest BCUT2D eigenvalue weighted by atomic mass is 35.5. The molecule has 0 bridgehead atoms. The van der Waals surface area contributed by atoms with Gasteiger partial charge in [-0.05, 0) is 31.2 Å². The van der Waals surface area contributed by atoms with E-state index in [2.05, 4.69) is 0 Å². The van der Waals surface area contributed by atoms with Crippen LogP contribution in [-0.2, 0) is 4.74 Å². The number of aliphatic hydroxyl groups is 4. The summed E-state index contributed by atoms with van der Waals surface area (Å²) < 4.78 is 5.03. The first-order valence-electron chi connectivity index (χ1n) is 6.02. The van der Waals surface area contributed by atoms with E-state index in [1.807, 2.05) is 0 Å². The third kappa shape index (κ3) is 2.46. The molecule has 1 aromatic rings. The molecule has 0 aromatic heterocycles. The zero-order valence-corrected chi connectivity index (χ0v) is 11.4. The fourth-order valence-electron chi connectivity index (χ4n) is 2.11. The molecule has 6 nitrogen and oxygen atoms in total. The Morgan fingerprint density at radius 3 is 2.30 bits per heavy atom. The Morgan fingerprint density at radius 1 is 1.20 bits per heavy atom. The standard InChI is InChI=1S/C13H15ClO6/c1-6-9(15)10(16)12(18)13(19,20-6)11(17)7-2-4-8(14)5-3-7/h2-6,9-10,12,15-16,18-19H,1H3/t6-,9+,10+,12-,13+/m0/s1. The summed E-state index contributed by atoms with van der Waals surface area (Å²) in [5, 5.41) is 39.7. The number of aliphatic hydroxyl groups excluding tert-OH is 3. The van der Waals surface area contributed by atoms with Crippen molar-refractivity contribution in [2.45, 2.75) is 37.1 Å². The normalized spacial score (nSPS) is 37.7. The zero-order valence-electron chi connectivity index (χ0n) is 10.6. The molecule has 110 valence electrons. The molecule has 4 N–H and O–H groups in total. The zero-order chi connectivity index (χ0) is 15.1. The summed E-state index contributed by atoms with van der Waals surface area (Å²) in [4.78, 5) is 12.3. The summed E-state index contributed by atoms with van der Waals surface area (Å²) in [5.41, 5.74) is 0.0618. The second-order valence-electron chi connectivity index (χ2n) is 4.78. The van der Waals surface area contributed by atoms with Crippen molar-refractivity contribution in [3.05, 3.63) is 34.9 Å². The quantitative estimate of drug-likeness (QED) is 0.559. The minimum absolute atomic E-state index is 0.0618. The van der Waals surface area contributed by atoms with Crippen LogP contribution in [0.4, 0.5) is 0 Å². The Labute approximate surface area is 120 Å². The molecule has 2 rings (SSSR count). The lowest BCUT2D eigenvalue weighted by Gasteiger charge is -2.43. The Kier molecular flexibility index (Phi) is 4.15. The van der Waals surface area contributed by atoms with Crippen LogP contribution in [0.25, 0.3) is 0 Å². The van der Waals surface area contributed by atoms with Gasteiger partial charge in [0.05, 0.1) is 6.10 Å². The van der Waals surface area contributed by atoms with Gasteiger partial charge in [-0.3, -0.25) is 4.79 Å². The topological polar surface area (TPSA) is 107 Å². The van der Waals surface area contributed by atoms with E-state index in [9.17, 15) is 25.2 Å². The number of hydrogen-bond acceptors (Lipinski definition) is 6. The van der Waals surface area contributed by atoms with Crippen LogP contribution in [0, 0.1) is 0 Å². The van der Waals surface area contributed by atoms with Crippen LogP contribution < -0.4 is 0 Å². The molecule has 7 heteroatoms. The van der Waals surface area contributed by atoms with Crippen LogP contribution in [0.2, 0.25) is 5.02 Å². The van der Waals surface area contributed by atoms with Crippen molar-refractivity contribution in [1.82, 2.24) is 0 Å². The van der Waals surface area contributed by atoms with Crippen molar-refractivity contribution in [3.63, 3.8) is 0 Å². The first-order chi connectivity index (χ1) is 9.27. The Morgan fingerprint density at radius 2 is 1.75 bits per heavy atom. The van der Waals surface area contributed by atoms with Gasteiger partial charge in [0.25, 0.3) is 5.79 Å².